The predicted molar refractivity (Wildman–Crippen MR) is 71.4 cm³/mol. The van der Waals surface area contributed by atoms with Gasteiger partial charge < -0.3 is 11.1 Å². The largest absolute Gasteiger partial charge is 0.347 e. The first-order chi connectivity index (χ1) is 8.19. The van der Waals surface area contributed by atoms with E-state index >= 15 is 0 Å². The lowest BCUT2D eigenvalue weighted by atomic mass is 9.48. The van der Waals surface area contributed by atoms with Crippen molar-refractivity contribution in [2.75, 3.05) is 0 Å². The van der Waals surface area contributed by atoms with Crippen molar-refractivity contribution in [1.29, 1.82) is 0 Å². The SMILES string of the molecule is Cc1nnsc1C(=O)NC1C(C)(C)C(N)C1(C)C. The van der Waals surface area contributed by atoms with Gasteiger partial charge in [-0.15, -0.1) is 5.10 Å². The van der Waals surface area contributed by atoms with Gasteiger partial charge >= 0.3 is 0 Å². The molecule has 2 rings (SSSR count). The monoisotopic (exact) mass is 268 g/mol. The van der Waals surface area contributed by atoms with E-state index in [0.29, 0.717) is 10.6 Å². The van der Waals surface area contributed by atoms with Gasteiger partial charge in [-0.1, -0.05) is 32.2 Å². The Kier molecular flexibility index (Phi) is 2.98. The minimum absolute atomic E-state index is 0.0639. The van der Waals surface area contributed by atoms with Crippen LogP contribution in [-0.2, 0) is 0 Å². The van der Waals surface area contributed by atoms with Crippen molar-refractivity contribution in [3.63, 3.8) is 0 Å². The Morgan fingerprint density at radius 3 is 2.33 bits per heavy atom. The van der Waals surface area contributed by atoms with Gasteiger partial charge in [0.2, 0.25) is 0 Å². The zero-order chi connectivity index (χ0) is 13.7. The maximum atomic E-state index is 12.2. The highest BCUT2D eigenvalue weighted by Crippen LogP contribution is 2.52. The molecule has 18 heavy (non-hydrogen) atoms. The summed E-state index contributed by atoms with van der Waals surface area (Å²) < 4.78 is 3.79. The third kappa shape index (κ3) is 1.75. The molecular weight excluding hydrogens is 248 g/mol. The molecule has 5 nitrogen and oxygen atoms in total. The summed E-state index contributed by atoms with van der Waals surface area (Å²) in [6.07, 6.45) is 0. The smallest absolute Gasteiger partial charge is 0.265 e. The van der Waals surface area contributed by atoms with Crippen molar-refractivity contribution in [3.8, 4) is 0 Å². The van der Waals surface area contributed by atoms with Gasteiger partial charge in [-0.3, -0.25) is 4.79 Å². The minimum Gasteiger partial charge on any atom is -0.347 e. The van der Waals surface area contributed by atoms with Crippen LogP contribution in [0.15, 0.2) is 0 Å². The number of hydrogen-bond donors (Lipinski definition) is 2. The highest BCUT2D eigenvalue weighted by molar-refractivity contribution is 7.08. The topological polar surface area (TPSA) is 80.9 Å². The van der Waals surface area contributed by atoms with E-state index in [9.17, 15) is 4.79 Å². The number of rotatable bonds is 2. The standard InChI is InChI=1S/C12H20N4OS/c1-6-7(18-16-15-6)8(17)14-10-11(2,3)9(13)12(10,4)5/h9-10H,13H2,1-5H3,(H,14,17). The Bertz CT molecular complexity index is 464. The highest BCUT2D eigenvalue weighted by Gasteiger charge is 2.60. The lowest BCUT2D eigenvalue weighted by Crippen LogP contribution is -2.76. The normalized spacial score (nSPS) is 28.6. The van der Waals surface area contributed by atoms with Crippen molar-refractivity contribution in [2.24, 2.45) is 16.6 Å². The summed E-state index contributed by atoms with van der Waals surface area (Å²) >= 11 is 1.13. The van der Waals surface area contributed by atoms with Crippen LogP contribution in [-0.4, -0.2) is 27.6 Å². The quantitative estimate of drug-likeness (QED) is 0.848. The second-order valence-corrected chi connectivity index (χ2v) is 6.97. The van der Waals surface area contributed by atoms with Gasteiger partial charge in [-0.25, -0.2) is 0 Å². The third-order valence-electron chi connectivity index (χ3n) is 4.22. The fraction of sp³-hybridized carbons (Fsp3) is 0.750. The number of aromatic nitrogens is 2. The fourth-order valence-electron chi connectivity index (χ4n) is 3.19. The summed E-state index contributed by atoms with van der Waals surface area (Å²) in [7, 11) is 0. The predicted octanol–water partition coefficient (Wildman–Crippen LogP) is 1.34. The van der Waals surface area contributed by atoms with Gasteiger partial charge in [-0.2, -0.15) is 0 Å². The summed E-state index contributed by atoms with van der Waals surface area (Å²) in [5, 5.41) is 6.94. The van der Waals surface area contributed by atoms with Crippen LogP contribution >= 0.6 is 11.5 Å². The molecule has 0 bridgehead atoms. The number of aryl methyl sites for hydroxylation is 1. The van der Waals surface area contributed by atoms with E-state index in [1.807, 2.05) is 0 Å². The molecule has 1 aromatic rings. The zero-order valence-corrected chi connectivity index (χ0v) is 12.3. The summed E-state index contributed by atoms with van der Waals surface area (Å²) in [5.74, 6) is -0.0967. The molecule has 3 N–H and O–H groups in total. The van der Waals surface area contributed by atoms with Crippen LogP contribution in [0.5, 0.6) is 0 Å². The zero-order valence-electron chi connectivity index (χ0n) is 11.4. The maximum Gasteiger partial charge on any atom is 0.265 e. The average molecular weight is 268 g/mol. The second kappa shape index (κ2) is 3.99. The van der Waals surface area contributed by atoms with Crippen LogP contribution in [0.4, 0.5) is 0 Å². The molecule has 0 spiro atoms. The van der Waals surface area contributed by atoms with E-state index in [0.717, 1.165) is 11.5 Å². The minimum atomic E-state index is -0.0967. The van der Waals surface area contributed by atoms with Crippen molar-refractivity contribution >= 4 is 17.4 Å². The molecule has 1 aliphatic carbocycles. The molecule has 1 fully saturated rings. The highest BCUT2D eigenvalue weighted by atomic mass is 32.1. The summed E-state index contributed by atoms with van der Waals surface area (Å²) in [4.78, 5) is 12.8. The number of nitrogens with one attached hydrogen (secondary N) is 1. The van der Waals surface area contributed by atoms with Crippen molar-refractivity contribution in [2.45, 2.75) is 46.7 Å². The summed E-state index contributed by atoms with van der Waals surface area (Å²) in [6.45, 7) is 10.1. The summed E-state index contributed by atoms with van der Waals surface area (Å²) in [6, 6.07) is 0.144. The number of nitrogens with zero attached hydrogens (tertiary/aromatic N) is 2. The molecule has 1 aromatic heterocycles. The number of nitrogens with two attached hydrogens (primary N) is 1. The molecule has 0 atom stereocenters. The molecule has 100 valence electrons. The van der Waals surface area contributed by atoms with Crippen LogP contribution in [0, 0.1) is 17.8 Å². The Morgan fingerprint density at radius 1 is 1.33 bits per heavy atom. The first-order valence-corrected chi connectivity index (χ1v) is 6.81. The Morgan fingerprint density at radius 2 is 1.89 bits per heavy atom. The van der Waals surface area contributed by atoms with Gasteiger partial charge in [0.15, 0.2) is 0 Å². The maximum absolute atomic E-state index is 12.2. The molecule has 6 heteroatoms. The van der Waals surface area contributed by atoms with E-state index < -0.39 is 0 Å². The molecule has 0 radical (unpaired) electrons. The van der Waals surface area contributed by atoms with Crippen LogP contribution in [0.25, 0.3) is 0 Å². The van der Waals surface area contributed by atoms with Crippen LogP contribution in [0.2, 0.25) is 0 Å². The number of amides is 1. The molecular formula is C12H20N4OS. The summed E-state index contributed by atoms with van der Waals surface area (Å²) in [5.41, 5.74) is 6.67. The number of carbonyl (C=O) groups excluding carboxylic acids is 1. The van der Waals surface area contributed by atoms with Crippen molar-refractivity contribution in [1.82, 2.24) is 14.9 Å². The molecule has 1 amide bonds. The van der Waals surface area contributed by atoms with E-state index in [1.165, 1.54) is 0 Å². The molecule has 0 unspecified atom stereocenters. The molecule has 0 aromatic carbocycles. The van der Waals surface area contributed by atoms with E-state index in [2.05, 4.69) is 42.6 Å². The van der Waals surface area contributed by atoms with Gasteiger partial charge in [0.05, 0.1) is 5.69 Å². The fourth-order valence-corrected chi connectivity index (χ4v) is 3.75. The van der Waals surface area contributed by atoms with Gasteiger partial charge in [0, 0.05) is 22.9 Å². The lowest BCUT2D eigenvalue weighted by molar-refractivity contribution is -0.0663. The van der Waals surface area contributed by atoms with Crippen LogP contribution in [0.1, 0.15) is 43.1 Å². The third-order valence-corrected chi connectivity index (χ3v) is 5.05. The van der Waals surface area contributed by atoms with Gasteiger partial charge in [0.1, 0.15) is 4.88 Å². The van der Waals surface area contributed by atoms with Crippen molar-refractivity contribution < 1.29 is 4.79 Å². The molecule has 0 saturated heterocycles. The van der Waals surface area contributed by atoms with E-state index in [1.54, 1.807) is 6.92 Å². The number of carbonyl (C=O) groups is 1. The molecule has 1 saturated carbocycles. The average Bonchev–Trinajstić information content (AvgIpc) is 2.70. The van der Waals surface area contributed by atoms with Crippen LogP contribution < -0.4 is 11.1 Å². The lowest BCUT2D eigenvalue weighted by Gasteiger charge is -2.62. The Balaban J connectivity index is 2.16. The van der Waals surface area contributed by atoms with E-state index in [4.69, 9.17) is 5.73 Å². The molecule has 0 aliphatic heterocycles. The second-order valence-electron chi connectivity index (χ2n) is 6.21. The van der Waals surface area contributed by atoms with Crippen LogP contribution in [0.3, 0.4) is 0 Å². The molecule has 1 aliphatic rings. The van der Waals surface area contributed by atoms with E-state index in [-0.39, 0.29) is 28.8 Å². The number of hydrogen-bond acceptors (Lipinski definition) is 5. The van der Waals surface area contributed by atoms with Gasteiger partial charge in [-0.05, 0) is 18.5 Å². The molecule has 1 heterocycles. The first-order valence-electron chi connectivity index (χ1n) is 6.04. The Labute approximate surface area is 111 Å². The first kappa shape index (κ1) is 13.4. The van der Waals surface area contributed by atoms with Crippen molar-refractivity contribution in [3.05, 3.63) is 10.6 Å². The Hall–Kier alpha value is -1.01. The van der Waals surface area contributed by atoms with Gasteiger partial charge in [0.25, 0.3) is 5.91 Å².